The zero-order chi connectivity index (χ0) is 34.3. The van der Waals surface area contributed by atoms with Crippen molar-refractivity contribution in [2.24, 2.45) is 0 Å². The first kappa shape index (κ1) is 53.5. The molecule has 0 spiro atoms. The SMILES string of the molecule is CCCCCCCCCCCCOCCCCCCCCCCCC.CCCCCCCCCCOS(=O)(=O)O.O=S(=O)(O)O.[NaH]. The van der Waals surface area contributed by atoms with Crippen LogP contribution in [0.5, 0.6) is 0 Å². The average Bonchev–Trinajstić information content (AvgIpc) is 2.96. The molecule has 278 valence electrons. The van der Waals surface area contributed by atoms with Crippen LogP contribution in [0.25, 0.3) is 0 Å². The van der Waals surface area contributed by atoms with E-state index in [4.69, 9.17) is 26.8 Å². The van der Waals surface area contributed by atoms with Crippen molar-refractivity contribution in [2.75, 3.05) is 19.8 Å². The van der Waals surface area contributed by atoms with Gasteiger partial charge >= 0.3 is 50.4 Å². The Balaban J connectivity index is -0.000000355. The predicted octanol–water partition coefficient (Wildman–Crippen LogP) is 10.5. The van der Waals surface area contributed by atoms with Gasteiger partial charge in [0.05, 0.1) is 6.61 Å². The summed E-state index contributed by atoms with van der Waals surface area (Å²) in [5.74, 6) is 0. The maximum atomic E-state index is 10.2. The molecule has 0 aromatic carbocycles. The summed E-state index contributed by atoms with van der Waals surface area (Å²) in [5, 5.41) is 0. The van der Waals surface area contributed by atoms with E-state index in [9.17, 15) is 8.42 Å². The van der Waals surface area contributed by atoms with Crippen LogP contribution in [-0.4, -0.2) is 79.9 Å². The van der Waals surface area contributed by atoms with E-state index in [2.05, 4.69) is 25.0 Å². The first-order valence-electron chi connectivity index (χ1n) is 18.4. The van der Waals surface area contributed by atoms with Crippen molar-refractivity contribution in [1.29, 1.82) is 0 Å². The van der Waals surface area contributed by atoms with Crippen LogP contribution in [0, 0.1) is 0 Å². The van der Waals surface area contributed by atoms with Gasteiger partial charge in [0.25, 0.3) is 0 Å². The van der Waals surface area contributed by atoms with Crippen molar-refractivity contribution in [3.8, 4) is 0 Å². The second-order valence-corrected chi connectivity index (χ2v) is 14.1. The van der Waals surface area contributed by atoms with Crippen LogP contribution < -0.4 is 0 Å². The van der Waals surface area contributed by atoms with Crippen LogP contribution in [-0.2, 0) is 29.7 Å². The molecule has 0 atom stereocenters. The third kappa shape index (κ3) is 70.9. The molecule has 46 heavy (non-hydrogen) atoms. The van der Waals surface area contributed by atoms with E-state index >= 15 is 0 Å². The standard InChI is InChI=1S/C24H50O.C10H22O4S.Na.H2O4S.H/c1-3-5-7-9-11-13-15-17-19-21-23-25-24-22-20-18-16-14-12-10-8-6-4-2;1-2-3-4-5-6-7-8-9-10-14-15(11,12)13;;1-5(2,3)4;/h3-24H2,1-2H3;2-10H2,1H3,(H,11,12,13);;(H2,1,2,3,4);. The molecule has 3 N–H and O–H groups in total. The summed E-state index contributed by atoms with van der Waals surface area (Å²) in [6.45, 7) is 8.85. The van der Waals surface area contributed by atoms with Crippen molar-refractivity contribution < 1.29 is 39.4 Å². The number of hydrogen-bond acceptors (Lipinski definition) is 6. The molecule has 0 amide bonds. The molecule has 0 radical (unpaired) electrons. The molecule has 0 aliphatic rings. The molecule has 0 aliphatic heterocycles. The molecule has 9 nitrogen and oxygen atoms in total. The monoisotopic (exact) mass is 714 g/mol. The van der Waals surface area contributed by atoms with Crippen LogP contribution >= 0.6 is 0 Å². The molecule has 0 aromatic rings. The van der Waals surface area contributed by atoms with Crippen LogP contribution in [0.1, 0.15) is 201 Å². The molecule has 0 fully saturated rings. The summed E-state index contributed by atoms with van der Waals surface area (Å²) in [6, 6.07) is 0. The third-order valence-corrected chi connectivity index (χ3v) is 7.98. The number of unbranched alkanes of at least 4 members (excludes halogenated alkanes) is 25. The van der Waals surface area contributed by atoms with E-state index in [-0.39, 0.29) is 36.2 Å². The zero-order valence-electron chi connectivity index (χ0n) is 29.5. The fourth-order valence-electron chi connectivity index (χ4n) is 4.89. The van der Waals surface area contributed by atoms with Gasteiger partial charge in [0, 0.05) is 13.2 Å². The third-order valence-electron chi connectivity index (χ3n) is 7.51. The Kier molecular flexibility index (Phi) is 50.8. The van der Waals surface area contributed by atoms with Gasteiger partial charge in [-0.05, 0) is 19.3 Å². The Labute approximate surface area is 308 Å². The fourth-order valence-corrected chi connectivity index (χ4v) is 5.21. The molecule has 0 aliphatic carbocycles. The average molecular weight is 715 g/mol. The van der Waals surface area contributed by atoms with Crippen molar-refractivity contribution in [3.05, 3.63) is 0 Å². The van der Waals surface area contributed by atoms with Gasteiger partial charge in [-0.3, -0.25) is 13.7 Å². The molecule has 0 saturated heterocycles. The Morgan fingerprint density at radius 1 is 0.370 bits per heavy atom. The normalized spacial score (nSPS) is 11.3. The molecule has 0 bridgehead atoms. The molecular weight excluding hydrogens is 639 g/mol. The van der Waals surface area contributed by atoms with Gasteiger partial charge in [-0.1, -0.05) is 181 Å². The maximum absolute atomic E-state index is 10.2. The topological polar surface area (TPSA) is 147 Å². The Morgan fingerprint density at radius 3 is 0.783 bits per heavy atom. The molecule has 0 heterocycles. The van der Waals surface area contributed by atoms with Gasteiger partial charge < -0.3 is 4.74 Å². The van der Waals surface area contributed by atoms with Crippen LogP contribution in [0.2, 0.25) is 0 Å². The van der Waals surface area contributed by atoms with Crippen LogP contribution in [0.3, 0.4) is 0 Å². The number of hydrogen-bond donors (Lipinski definition) is 3. The van der Waals surface area contributed by atoms with E-state index in [1.807, 2.05) is 0 Å². The van der Waals surface area contributed by atoms with Gasteiger partial charge in [0.1, 0.15) is 0 Å². The van der Waals surface area contributed by atoms with Gasteiger partial charge in [0.2, 0.25) is 0 Å². The van der Waals surface area contributed by atoms with E-state index in [1.54, 1.807) is 0 Å². The minimum absolute atomic E-state index is 0. The summed E-state index contributed by atoms with van der Waals surface area (Å²) in [5.41, 5.74) is 0. The van der Waals surface area contributed by atoms with Crippen molar-refractivity contribution >= 4 is 50.4 Å². The zero-order valence-corrected chi connectivity index (χ0v) is 31.2. The van der Waals surface area contributed by atoms with Crippen molar-refractivity contribution in [2.45, 2.75) is 201 Å². The molecule has 0 rings (SSSR count). The van der Waals surface area contributed by atoms with E-state index in [0.717, 1.165) is 26.1 Å². The summed E-state index contributed by atoms with van der Waals surface area (Å²) in [4.78, 5) is 0. The second kappa shape index (κ2) is 43.7. The summed E-state index contributed by atoms with van der Waals surface area (Å²) < 4.78 is 70.2. The number of rotatable bonds is 32. The quantitative estimate of drug-likeness (QED) is 0.0352. The Hall–Kier alpha value is 0.700. The molecule has 0 saturated carbocycles. The molecule has 12 heteroatoms. The van der Waals surface area contributed by atoms with E-state index in [0.29, 0.717) is 6.42 Å². The second-order valence-electron chi connectivity index (χ2n) is 12.1. The Morgan fingerprint density at radius 2 is 0.565 bits per heavy atom. The molecule has 0 aromatic heterocycles. The van der Waals surface area contributed by atoms with Gasteiger partial charge in [0.15, 0.2) is 0 Å². The fraction of sp³-hybridized carbons (Fsp3) is 1.00. The van der Waals surface area contributed by atoms with Gasteiger partial charge in [-0.15, -0.1) is 0 Å². The molecule has 0 unspecified atom stereocenters. The first-order chi connectivity index (χ1) is 21.5. The predicted molar refractivity (Wildman–Crippen MR) is 196 cm³/mol. The van der Waals surface area contributed by atoms with Gasteiger partial charge in [-0.25, -0.2) is 4.18 Å². The summed E-state index contributed by atoms with van der Waals surface area (Å²) in [6.07, 6.45) is 37.2. The van der Waals surface area contributed by atoms with Crippen molar-refractivity contribution in [3.63, 3.8) is 0 Å². The summed E-state index contributed by atoms with van der Waals surface area (Å²) in [7, 11) is -8.90. The minimum atomic E-state index is -4.67. The van der Waals surface area contributed by atoms with Crippen LogP contribution in [0.15, 0.2) is 0 Å². The van der Waals surface area contributed by atoms with Crippen molar-refractivity contribution in [1.82, 2.24) is 0 Å². The Bertz CT molecular complexity index is 722. The summed E-state index contributed by atoms with van der Waals surface area (Å²) >= 11 is 0. The van der Waals surface area contributed by atoms with Gasteiger partial charge in [-0.2, -0.15) is 16.8 Å². The molecular formula is C34H75NaO9S2. The first-order valence-corrected chi connectivity index (χ1v) is 21.1. The van der Waals surface area contributed by atoms with Crippen LogP contribution in [0.4, 0.5) is 0 Å². The van der Waals surface area contributed by atoms with E-state index in [1.165, 1.54) is 161 Å². The number of ether oxygens (including phenoxy) is 1. The van der Waals surface area contributed by atoms with E-state index < -0.39 is 20.8 Å².